The van der Waals surface area contributed by atoms with Gasteiger partial charge in [0.1, 0.15) is 6.61 Å². The molecule has 0 bridgehead atoms. The zero-order chi connectivity index (χ0) is 11.2. The number of carbonyl (C=O) groups is 1. The topological polar surface area (TPSA) is 35.5 Å². The van der Waals surface area contributed by atoms with Gasteiger partial charge in [-0.3, -0.25) is 4.79 Å². The number of esters is 1. The van der Waals surface area contributed by atoms with Gasteiger partial charge in [0.2, 0.25) is 0 Å². The summed E-state index contributed by atoms with van der Waals surface area (Å²) in [4.78, 5) is 10.1. The van der Waals surface area contributed by atoms with Crippen molar-refractivity contribution in [3.8, 4) is 12.3 Å². The Morgan fingerprint density at radius 3 is 2.29 bits per heavy atom. The minimum Gasteiger partial charge on any atom is -0.463 e. The Morgan fingerprint density at radius 2 is 2.00 bits per heavy atom. The molecule has 0 saturated heterocycles. The lowest BCUT2D eigenvalue weighted by atomic mass is 10.4. The van der Waals surface area contributed by atoms with Crippen molar-refractivity contribution in [1.82, 2.24) is 0 Å². The van der Waals surface area contributed by atoms with E-state index in [0.29, 0.717) is 19.8 Å². The number of terminal acetylenes is 1. The number of hydrogen-bond acceptors (Lipinski definition) is 3. The van der Waals surface area contributed by atoms with Gasteiger partial charge in [-0.05, 0) is 13.3 Å². The van der Waals surface area contributed by atoms with Crippen LogP contribution in [0.2, 0.25) is 0 Å². The van der Waals surface area contributed by atoms with Crippen LogP contribution >= 0.6 is 0 Å². The molecule has 0 unspecified atom stereocenters. The number of hydrogen-bond donors (Lipinski definition) is 0. The van der Waals surface area contributed by atoms with Crippen LogP contribution < -0.4 is 0 Å². The largest absolute Gasteiger partial charge is 0.463 e. The third-order valence-electron chi connectivity index (χ3n) is 1.13. The summed E-state index contributed by atoms with van der Waals surface area (Å²) in [6.45, 7) is 6.88. The standard InChI is InChI=1S/C6H12O3.C5H8/c1-3-8-4-5-9-6(2)7;1-3-5-4-2/h3-5H2,1-2H3;1H,4-5H2,2H3. The second-order valence-electron chi connectivity index (χ2n) is 2.49. The molecule has 0 aromatic carbocycles. The molecule has 0 aromatic heterocycles. The first kappa shape index (κ1) is 15.5. The second kappa shape index (κ2) is 14.5. The Kier molecular flexibility index (Phi) is 16.0. The van der Waals surface area contributed by atoms with Gasteiger partial charge in [-0.1, -0.05) is 6.92 Å². The fourth-order valence-corrected chi connectivity index (χ4v) is 0.533. The zero-order valence-electron chi connectivity index (χ0n) is 9.34. The molecular weight excluding hydrogens is 180 g/mol. The van der Waals surface area contributed by atoms with E-state index >= 15 is 0 Å². The Labute approximate surface area is 86.8 Å². The predicted octanol–water partition coefficient (Wildman–Crippen LogP) is 2.01. The summed E-state index contributed by atoms with van der Waals surface area (Å²) in [6, 6.07) is 0. The first-order valence-corrected chi connectivity index (χ1v) is 4.83. The van der Waals surface area contributed by atoms with Crippen molar-refractivity contribution >= 4 is 5.97 Å². The van der Waals surface area contributed by atoms with Gasteiger partial charge in [0.15, 0.2) is 0 Å². The minimum absolute atomic E-state index is 0.255. The van der Waals surface area contributed by atoms with Gasteiger partial charge in [-0.15, -0.1) is 12.3 Å². The summed E-state index contributed by atoms with van der Waals surface area (Å²) in [6.07, 6.45) is 6.91. The number of ether oxygens (including phenoxy) is 2. The van der Waals surface area contributed by atoms with E-state index in [1.807, 2.05) is 6.92 Å². The average molecular weight is 200 g/mol. The molecule has 0 aromatic rings. The first-order chi connectivity index (χ1) is 6.68. The molecule has 0 radical (unpaired) electrons. The van der Waals surface area contributed by atoms with Crippen LogP contribution in [0.25, 0.3) is 0 Å². The van der Waals surface area contributed by atoms with E-state index < -0.39 is 0 Å². The maximum atomic E-state index is 10.1. The molecule has 0 spiro atoms. The van der Waals surface area contributed by atoms with Gasteiger partial charge in [0, 0.05) is 20.0 Å². The van der Waals surface area contributed by atoms with Gasteiger partial charge >= 0.3 is 5.97 Å². The van der Waals surface area contributed by atoms with Crippen molar-refractivity contribution in [2.75, 3.05) is 19.8 Å². The van der Waals surface area contributed by atoms with E-state index in [4.69, 9.17) is 11.2 Å². The summed E-state index contributed by atoms with van der Waals surface area (Å²) in [5.74, 6) is 2.26. The van der Waals surface area contributed by atoms with E-state index in [9.17, 15) is 4.79 Å². The predicted molar refractivity (Wildman–Crippen MR) is 56.9 cm³/mol. The number of unbranched alkanes of at least 4 members (excludes halogenated alkanes) is 1. The van der Waals surface area contributed by atoms with Crippen LogP contribution in [0.1, 0.15) is 33.6 Å². The van der Waals surface area contributed by atoms with E-state index in [0.717, 1.165) is 12.8 Å². The maximum Gasteiger partial charge on any atom is 0.302 e. The second-order valence-corrected chi connectivity index (χ2v) is 2.49. The molecule has 0 aliphatic heterocycles. The lowest BCUT2D eigenvalue weighted by Crippen LogP contribution is -2.06. The summed E-state index contributed by atoms with van der Waals surface area (Å²) >= 11 is 0. The smallest absolute Gasteiger partial charge is 0.302 e. The highest BCUT2D eigenvalue weighted by molar-refractivity contribution is 5.65. The average Bonchev–Trinajstić information content (AvgIpc) is 2.15. The SMILES string of the molecule is C#CCCC.CCOCCOC(C)=O. The Balaban J connectivity index is 0. The fraction of sp³-hybridized carbons (Fsp3) is 0.727. The maximum absolute atomic E-state index is 10.1. The minimum atomic E-state index is -0.255. The summed E-state index contributed by atoms with van der Waals surface area (Å²) in [5, 5.41) is 0. The van der Waals surface area contributed by atoms with Crippen molar-refractivity contribution in [2.24, 2.45) is 0 Å². The van der Waals surface area contributed by atoms with Crippen LogP contribution in [0.5, 0.6) is 0 Å². The molecule has 3 nitrogen and oxygen atoms in total. The van der Waals surface area contributed by atoms with Crippen molar-refractivity contribution in [3.05, 3.63) is 0 Å². The highest BCUT2D eigenvalue weighted by atomic mass is 16.6. The van der Waals surface area contributed by atoms with Crippen molar-refractivity contribution in [1.29, 1.82) is 0 Å². The Bertz CT molecular complexity index is 158. The molecule has 82 valence electrons. The van der Waals surface area contributed by atoms with Gasteiger partial charge in [0.05, 0.1) is 6.61 Å². The van der Waals surface area contributed by atoms with Crippen LogP contribution in [0.3, 0.4) is 0 Å². The molecule has 0 N–H and O–H groups in total. The van der Waals surface area contributed by atoms with Crippen molar-refractivity contribution in [3.63, 3.8) is 0 Å². The van der Waals surface area contributed by atoms with Gasteiger partial charge in [-0.2, -0.15) is 0 Å². The highest BCUT2D eigenvalue weighted by Gasteiger charge is 1.89. The number of carbonyl (C=O) groups excluding carboxylic acids is 1. The molecule has 14 heavy (non-hydrogen) atoms. The monoisotopic (exact) mass is 200 g/mol. The summed E-state index contributed by atoms with van der Waals surface area (Å²) in [5.41, 5.74) is 0. The molecule has 0 atom stereocenters. The zero-order valence-corrected chi connectivity index (χ0v) is 9.34. The summed E-state index contributed by atoms with van der Waals surface area (Å²) in [7, 11) is 0. The van der Waals surface area contributed by atoms with Gasteiger partial charge in [-0.25, -0.2) is 0 Å². The Hall–Kier alpha value is -1.01. The molecule has 0 heterocycles. The normalized spacial score (nSPS) is 8.14. The third kappa shape index (κ3) is 22.4. The molecule has 0 aliphatic carbocycles. The quantitative estimate of drug-likeness (QED) is 0.387. The molecular formula is C11H20O3. The molecule has 0 aliphatic rings. The van der Waals surface area contributed by atoms with E-state index in [1.165, 1.54) is 6.92 Å². The fourth-order valence-electron chi connectivity index (χ4n) is 0.533. The van der Waals surface area contributed by atoms with Crippen LogP contribution in [-0.2, 0) is 14.3 Å². The van der Waals surface area contributed by atoms with Crippen molar-refractivity contribution < 1.29 is 14.3 Å². The van der Waals surface area contributed by atoms with Crippen LogP contribution in [0.4, 0.5) is 0 Å². The molecule has 0 rings (SSSR count). The summed E-state index contributed by atoms with van der Waals surface area (Å²) < 4.78 is 9.49. The van der Waals surface area contributed by atoms with Crippen molar-refractivity contribution in [2.45, 2.75) is 33.6 Å². The van der Waals surface area contributed by atoms with E-state index in [1.54, 1.807) is 0 Å². The van der Waals surface area contributed by atoms with Gasteiger partial charge in [0.25, 0.3) is 0 Å². The molecule has 0 fully saturated rings. The number of rotatable bonds is 5. The first-order valence-electron chi connectivity index (χ1n) is 4.83. The molecule has 3 heteroatoms. The van der Waals surface area contributed by atoms with Crippen LogP contribution in [-0.4, -0.2) is 25.8 Å². The highest BCUT2D eigenvalue weighted by Crippen LogP contribution is 1.78. The van der Waals surface area contributed by atoms with Crippen LogP contribution in [0, 0.1) is 12.3 Å². The van der Waals surface area contributed by atoms with E-state index in [-0.39, 0.29) is 5.97 Å². The molecule has 0 saturated carbocycles. The van der Waals surface area contributed by atoms with E-state index in [2.05, 4.69) is 17.6 Å². The van der Waals surface area contributed by atoms with Gasteiger partial charge < -0.3 is 9.47 Å². The van der Waals surface area contributed by atoms with Crippen LogP contribution in [0.15, 0.2) is 0 Å². The Morgan fingerprint density at radius 1 is 1.36 bits per heavy atom. The third-order valence-corrected chi connectivity index (χ3v) is 1.13. The lowest BCUT2D eigenvalue weighted by Gasteiger charge is -1.99. The molecule has 0 amide bonds. The lowest BCUT2D eigenvalue weighted by molar-refractivity contribution is -0.142.